The van der Waals surface area contributed by atoms with Gasteiger partial charge in [-0.15, -0.1) is 0 Å². The van der Waals surface area contributed by atoms with Crippen molar-refractivity contribution >= 4 is 21.8 Å². The van der Waals surface area contributed by atoms with E-state index in [0.29, 0.717) is 0 Å². The lowest BCUT2D eigenvalue weighted by atomic mass is 10.00. The van der Waals surface area contributed by atoms with E-state index in [4.69, 9.17) is 9.47 Å². The molecule has 6 aromatic rings. The predicted molar refractivity (Wildman–Crippen MR) is 181 cm³/mol. The second-order valence-electron chi connectivity index (χ2n) is 11.5. The van der Waals surface area contributed by atoms with E-state index in [-0.39, 0.29) is 0 Å². The third-order valence-electron chi connectivity index (χ3n) is 8.36. The minimum absolute atomic E-state index is 0.770. The van der Waals surface area contributed by atoms with E-state index >= 15 is 0 Å². The van der Waals surface area contributed by atoms with Crippen molar-refractivity contribution in [3.63, 3.8) is 0 Å². The number of rotatable bonds is 13. The molecule has 0 amide bonds. The first-order valence-electron chi connectivity index (χ1n) is 15.6. The van der Waals surface area contributed by atoms with Gasteiger partial charge in [-0.05, 0) is 90.6 Å². The van der Waals surface area contributed by atoms with Crippen LogP contribution in [0.4, 0.5) is 0 Å². The lowest BCUT2D eigenvalue weighted by molar-refractivity contribution is 0.191. The summed E-state index contributed by atoms with van der Waals surface area (Å²) in [4.78, 5) is 0. The van der Waals surface area contributed by atoms with Gasteiger partial charge in [0.25, 0.3) is 0 Å². The van der Waals surface area contributed by atoms with Crippen LogP contribution < -0.4 is 4.74 Å². The second-order valence-corrected chi connectivity index (χ2v) is 11.5. The van der Waals surface area contributed by atoms with Gasteiger partial charge >= 0.3 is 0 Å². The Kier molecular flexibility index (Phi) is 9.20. The summed E-state index contributed by atoms with van der Waals surface area (Å²) in [5.41, 5.74) is 9.75. The first kappa shape index (κ1) is 28.8. The van der Waals surface area contributed by atoms with Gasteiger partial charge in [-0.2, -0.15) is 0 Å². The third-order valence-corrected chi connectivity index (χ3v) is 8.36. The Balaban J connectivity index is 1.24. The zero-order valence-electron chi connectivity index (χ0n) is 25.4. The smallest absolute Gasteiger partial charge is 0.119 e. The molecule has 0 unspecified atom stereocenters. The van der Waals surface area contributed by atoms with Crippen LogP contribution in [-0.4, -0.2) is 24.9 Å². The highest BCUT2D eigenvalue weighted by molar-refractivity contribution is 6.11. The van der Waals surface area contributed by atoms with Crippen LogP contribution >= 0.6 is 0 Å². The van der Waals surface area contributed by atoms with Crippen LogP contribution in [-0.2, 0) is 4.74 Å². The molecule has 3 heteroatoms. The maximum Gasteiger partial charge on any atom is 0.119 e. The van der Waals surface area contributed by atoms with Crippen LogP contribution in [0, 0.1) is 6.92 Å². The topological polar surface area (TPSA) is 23.4 Å². The molecule has 0 spiro atoms. The van der Waals surface area contributed by atoms with Crippen LogP contribution in [0.2, 0.25) is 0 Å². The molecular weight excluding hydrogens is 526 g/mol. The molecule has 0 bridgehead atoms. The van der Waals surface area contributed by atoms with Gasteiger partial charge in [0.05, 0.1) is 17.6 Å². The molecule has 0 saturated carbocycles. The Labute approximate surface area is 255 Å². The normalized spacial score (nSPS) is 11.4. The molecule has 43 heavy (non-hydrogen) atoms. The molecule has 0 aliphatic rings. The molecule has 1 heterocycles. The fourth-order valence-electron chi connectivity index (χ4n) is 5.97. The number of hydrogen-bond acceptors (Lipinski definition) is 2. The number of benzene rings is 5. The first-order chi connectivity index (χ1) is 21.2. The van der Waals surface area contributed by atoms with Crippen molar-refractivity contribution in [2.45, 2.75) is 45.4 Å². The zero-order chi connectivity index (χ0) is 29.4. The molecule has 3 nitrogen and oxygen atoms in total. The molecule has 6 rings (SSSR count). The van der Waals surface area contributed by atoms with E-state index in [0.717, 1.165) is 31.8 Å². The number of hydrogen-bond donors (Lipinski definition) is 0. The minimum Gasteiger partial charge on any atom is -0.494 e. The fraction of sp³-hybridized carbons (Fsp3) is 0.250. The van der Waals surface area contributed by atoms with Crippen LogP contribution in [0.3, 0.4) is 0 Å². The molecule has 1 aromatic heterocycles. The van der Waals surface area contributed by atoms with Gasteiger partial charge in [0.1, 0.15) is 5.75 Å². The lowest BCUT2D eigenvalue weighted by Crippen LogP contribution is -1.97. The van der Waals surface area contributed by atoms with Gasteiger partial charge in [-0.3, -0.25) is 0 Å². The number of ether oxygens (including phenoxy) is 2. The molecule has 0 aliphatic heterocycles. The Morgan fingerprint density at radius 2 is 1.02 bits per heavy atom. The molecule has 0 N–H and O–H groups in total. The number of unbranched alkanes of at least 4 members (excludes halogenated alkanes) is 5. The van der Waals surface area contributed by atoms with Crippen molar-refractivity contribution in [1.29, 1.82) is 0 Å². The number of aromatic nitrogens is 1. The summed E-state index contributed by atoms with van der Waals surface area (Å²) in [5, 5.41) is 2.52. The molecule has 0 aliphatic carbocycles. The van der Waals surface area contributed by atoms with Gasteiger partial charge < -0.3 is 14.0 Å². The number of fused-ring (bicyclic) bond motifs is 3. The second kappa shape index (κ2) is 13.8. The minimum atomic E-state index is 0.770. The summed E-state index contributed by atoms with van der Waals surface area (Å²) in [7, 11) is 1.77. The summed E-state index contributed by atoms with van der Waals surface area (Å²) < 4.78 is 13.6. The van der Waals surface area contributed by atoms with Crippen molar-refractivity contribution in [1.82, 2.24) is 4.57 Å². The Hall–Kier alpha value is -4.34. The van der Waals surface area contributed by atoms with Gasteiger partial charge in [-0.1, -0.05) is 98.0 Å². The van der Waals surface area contributed by atoms with Crippen molar-refractivity contribution < 1.29 is 9.47 Å². The average Bonchev–Trinajstić information content (AvgIpc) is 3.38. The average molecular weight is 568 g/mol. The standard InChI is InChI=1S/C40H41NO2/c1-30-14-16-31(17-15-30)33-20-24-39-37(28-33)38-29-34(21-25-40(38)41(39)35-12-8-7-9-13-35)32-18-22-36(23-19-32)43-27-11-6-4-3-5-10-26-42-2/h7-9,12-25,28-29H,3-6,10-11,26-27H2,1-2H3. The molecule has 5 aromatic carbocycles. The van der Waals surface area contributed by atoms with E-state index in [9.17, 15) is 0 Å². The maximum atomic E-state index is 6.06. The highest BCUT2D eigenvalue weighted by atomic mass is 16.5. The van der Waals surface area contributed by atoms with Crippen molar-refractivity contribution in [2.24, 2.45) is 0 Å². The quantitative estimate of drug-likeness (QED) is 0.130. The number of para-hydroxylation sites is 1. The Bertz CT molecular complexity index is 1770. The van der Waals surface area contributed by atoms with Gasteiger partial charge in [0.2, 0.25) is 0 Å². The SMILES string of the molecule is COCCCCCCCCOc1ccc(-c2ccc3c(c2)c2cc(-c4ccc(C)cc4)ccc2n3-c2ccccc2)cc1. The lowest BCUT2D eigenvalue weighted by Gasteiger charge is -2.09. The Morgan fingerprint density at radius 1 is 0.512 bits per heavy atom. The van der Waals surface area contributed by atoms with Gasteiger partial charge in [0.15, 0.2) is 0 Å². The zero-order valence-corrected chi connectivity index (χ0v) is 25.4. The highest BCUT2D eigenvalue weighted by Crippen LogP contribution is 2.37. The summed E-state index contributed by atoms with van der Waals surface area (Å²) in [6.45, 7) is 3.78. The maximum absolute atomic E-state index is 6.06. The summed E-state index contributed by atoms with van der Waals surface area (Å²) >= 11 is 0. The summed E-state index contributed by atoms with van der Waals surface area (Å²) in [6, 6.07) is 41.7. The third kappa shape index (κ3) is 6.68. The van der Waals surface area contributed by atoms with Crippen molar-refractivity contribution in [2.75, 3.05) is 20.3 Å². The van der Waals surface area contributed by atoms with Crippen LogP contribution in [0.5, 0.6) is 5.75 Å². The van der Waals surface area contributed by atoms with Crippen LogP contribution in [0.25, 0.3) is 49.7 Å². The summed E-state index contributed by atoms with van der Waals surface area (Å²) in [6.07, 6.45) is 7.27. The monoisotopic (exact) mass is 567 g/mol. The molecule has 0 fully saturated rings. The van der Waals surface area contributed by atoms with E-state index in [1.807, 2.05) is 0 Å². The number of methoxy groups -OCH3 is 1. The van der Waals surface area contributed by atoms with Crippen molar-refractivity contribution in [3.8, 4) is 33.7 Å². The van der Waals surface area contributed by atoms with Gasteiger partial charge in [-0.25, -0.2) is 0 Å². The number of aryl methyl sites for hydroxylation is 1. The largest absolute Gasteiger partial charge is 0.494 e. The van der Waals surface area contributed by atoms with Crippen LogP contribution in [0.15, 0.2) is 115 Å². The molecule has 0 atom stereocenters. The first-order valence-corrected chi connectivity index (χ1v) is 15.6. The van der Waals surface area contributed by atoms with E-state index < -0.39 is 0 Å². The molecule has 218 valence electrons. The highest BCUT2D eigenvalue weighted by Gasteiger charge is 2.14. The van der Waals surface area contributed by atoms with E-state index in [1.54, 1.807) is 7.11 Å². The molecule has 0 radical (unpaired) electrons. The fourth-order valence-corrected chi connectivity index (χ4v) is 5.97. The van der Waals surface area contributed by atoms with E-state index in [1.165, 1.54) is 81.0 Å². The molecular formula is C40H41NO2. The summed E-state index contributed by atoms with van der Waals surface area (Å²) in [5.74, 6) is 0.938. The van der Waals surface area contributed by atoms with Gasteiger partial charge in [0, 0.05) is 30.2 Å². The Morgan fingerprint density at radius 3 is 1.60 bits per heavy atom. The van der Waals surface area contributed by atoms with Crippen LogP contribution in [0.1, 0.15) is 44.1 Å². The van der Waals surface area contributed by atoms with Crippen molar-refractivity contribution in [3.05, 3.63) is 121 Å². The van der Waals surface area contributed by atoms with E-state index in [2.05, 4.69) is 127 Å². The molecule has 0 saturated heterocycles. The number of nitrogens with zero attached hydrogens (tertiary/aromatic N) is 1. The predicted octanol–water partition coefficient (Wildman–Crippen LogP) is 10.8.